The fourth-order valence-electron chi connectivity index (χ4n) is 7.62. The summed E-state index contributed by atoms with van der Waals surface area (Å²) in [7, 11) is 1.61. The van der Waals surface area contributed by atoms with Gasteiger partial charge in [0.05, 0.1) is 24.8 Å². The Kier molecular flexibility index (Phi) is 7.98. The van der Waals surface area contributed by atoms with Gasteiger partial charge in [0, 0.05) is 37.1 Å². The van der Waals surface area contributed by atoms with Crippen LogP contribution in [0, 0.1) is 17.8 Å². The van der Waals surface area contributed by atoms with Crippen LogP contribution in [0.1, 0.15) is 55.7 Å². The second-order valence-electron chi connectivity index (χ2n) is 13.3. The molecule has 2 heterocycles. The monoisotopic (exact) mass is 608 g/mol. The molecule has 9 heteroatoms. The summed E-state index contributed by atoms with van der Waals surface area (Å²) in [5.74, 6) is -1.07. The second kappa shape index (κ2) is 11.5. The topological polar surface area (TPSA) is 111 Å². The maximum absolute atomic E-state index is 13.2. The van der Waals surface area contributed by atoms with Gasteiger partial charge in [-0.2, -0.15) is 0 Å². The standard InChI is InChI=1S/C34H41ClN2O6/c1-21-5-11-29(38)26-9-6-23(26)18-37-19-33(13-3-4-22-14-25(35)8-10-27(22)33)20-43-30-12-7-24(15-28(30)37)34(42,32(40)41)16-31(39)36(2)17-21/h5,7-8,10-12,14-15,21,23,26,29,38,42H,3-4,6,9,13,16-20H2,1-2H3,(H,40,41)/t21-,23+,26-,29+,33+,34+/m1/s1. The first-order chi connectivity index (χ1) is 20.5. The summed E-state index contributed by atoms with van der Waals surface area (Å²) in [6.07, 6.45) is 7.36. The first-order valence-electron chi connectivity index (χ1n) is 15.4. The molecule has 8 nitrogen and oxygen atoms in total. The molecular weight excluding hydrogens is 568 g/mol. The van der Waals surface area contributed by atoms with Gasteiger partial charge in [-0.15, -0.1) is 0 Å². The molecule has 1 spiro atoms. The fraction of sp³-hybridized carbons (Fsp3) is 0.529. The minimum atomic E-state index is -2.41. The van der Waals surface area contributed by atoms with Gasteiger partial charge < -0.3 is 29.9 Å². The second-order valence-corrected chi connectivity index (χ2v) is 13.7. The van der Waals surface area contributed by atoms with Gasteiger partial charge in [0.2, 0.25) is 5.91 Å². The number of carbonyl (C=O) groups excluding carboxylic acids is 1. The summed E-state index contributed by atoms with van der Waals surface area (Å²) in [4.78, 5) is 29.5. The van der Waals surface area contributed by atoms with E-state index in [2.05, 4.69) is 17.0 Å². The summed E-state index contributed by atoms with van der Waals surface area (Å²) in [6, 6.07) is 11.1. The number of carbonyl (C=O) groups is 2. The van der Waals surface area contributed by atoms with Crippen molar-refractivity contribution in [2.24, 2.45) is 17.8 Å². The third kappa shape index (κ3) is 5.54. The number of halogens is 1. The van der Waals surface area contributed by atoms with Crippen LogP contribution >= 0.6 is 11.6 Å². The predicted molar refractivity (Wildman–Crippen MR) is 165 cm³/mol. The minimum absolute atomic E-state index is 0.0543. The normalized spacial score (nSPS) is 32.7. The van der Waals surface area contributed by atoms with Crippen LogP contribution in [-0.2, 0) is 27.0 Å². The van der Waals surface area contributed by atoms with Crippen LogP contribution in [0.2, 0.25) is 5.02 Å². The number of aliphatic carboxylic acids is 1. The molecular formula is C34H41ClN2O6. The summed E-state index contributed by atoms with van der Waals surface area (Å²) >= 11 is 6.39. The third-order valence-electron chi connectivity index (χ3n) is 10.3. The number of anilines is 1. The van der Waals surface area contributed by atoms with E-state index in [1.807, 2.05) is 25.1 Å². The zero-order chi connectivity index (χ0) is 30.5. The van der Waals surface area contributed by atoms with Crippen molar-refractivity contribution >= 4 is 29.2 Å². The number of aliphatic hydroxyl groups is 2. The average Bonchev–Trinajstić information content (AvgIpc) is 3.10. The third-order valence-corrected chi connectivity index (χ3v) is 10.5. The number of hydrogen-bond acceptors (Lipinski definition) is 6. The molecule has 230 valence electrons. The van der Waals surface area contributed by atoms with Crippen LogP contribution in [0.3, 0.4) is 0 Å². The molecule has 2 aliphatic carbocycles. The molecule has 0 unspecified atom stereocenters. The van der Waals surface area contributed by atoms with E-state index in [0.29, 0.717) is 42.7 Å². The van der Waals surface area contributed by atoms with Crippen LogP contribution in [0.4, 0.5) is 5.69 Å². The van der Waals surface area contributed by atoms with Gasteiger partial charge in [-0.1, -0.05) is 42.8 Å². The molecule has 4 aliphatic rings. The van der Waals surface area contributed by atoms with Gasteiger partial charge in [-0.25, -0.2) is 4.79 Å². The van der Waals surface area contributed by atoms with Crippen molar-refractivity contribution < 1.29 is 29.6 Å². The van der Waals surface area contributed by atoms with E-state index in [1.165, 1.54) is 16.0 Å². The molecule has 2 aromatic carbocycles. The Morgan fingerprint density at radius 1 is 1.12 bits per heavy atom. The highest BCUT2D eigenvalue weighted by molar-refractivity contribution is 6.30. The van der Waals surface area contributed by atoms with Crippen molar-refractivity contribution in [3.8, 4) is 5.75 Å². The van der Waals surface area contributed by atoms with Crippen LogP contribution < -0.4 is 9.64 Å². The molecule has 6 atom stereocenters. The first kappa shape index (κ1) is 30.0. The highest BCUT2D eigenvalue weighted by Crippen LogP contribution is 2.47. The van der Waals surface area contributed by atoms with Crippen molar-refractivity contribution in [1.29, 1.82) is 0 Å². The summed E-state index contributed by atoms with van der Waals surface area (Å²) in [5, 5.41) is 33.7. The number of nitrogens with zero attached hydrogens (tertiary/aromatic N) is 2. The average molecular weight is 609 g/mol. The Morgan fingerprint density at radius 3 is 2.67 bits per heavy atom. The molecule has 43 heavy (non-hydrogen) atoms. The minimum Gasteiger partial charge on any atom is -0.490 e. The van der Waals surface area contributed by atoms with Crippen molar-refractivity contribution in [2.45, 2.75) is 62.6 Å². The summed E-state index contributed by atoms with van der Waals surface area (Å²) < 4.78 is 6.53. The van der Waals surface area contributed by atoms with Crippen molar-refractivity contribution in [1.82, 2.24) is 4.90 Å². The number of aryl methyl sites for hydroxylation is 1. The van der Waals surface area contributed by atoms with Gasteiger partial charge in [0.25, 0.3) is 0 Å². The molecule has 2 aliphatic heterocycles. The van der Waals surface area contributed by atoms with Crippen LogP contribution in [-0.4, -0.2) is 71.5 Å². The zero-order valence-electron chi connectivity index (χ0n) is 24.8. The van der Waals surface area contributed by atoms with Crippen LogP contribution in [0.15, 0.2) is 48.6 Å². The number of carboxylic acid groups (broad SMARTS) is 1. The van der Waals surface area contributed by atoms with E-state index in [9.17, 15) is 24.9 Å². The van der Waals surface area contributed by atoms with E-state index in [1.54, 1.807) is 25.2 Å². The van der Waals surface area contributed by atoms with E-state index in [0.717, 1.165) is 32.1 Å². The van der Waals surface area contributed by atoms with E-state index >= 15 is 0 Å². The number of rotatable bonds is 1. The zero-order valence-corrected chi connectivity index (χ0v) is 25.6. The molecule has 0 aromatic heterocycles. The summed E-state index contributed by atoms with van der Waals surface area (Å²) in [5.41, 5.74) is 0.574. The van der Waals surface area contributed by atoms with Gasteiger partial charge in [-0.05, 0) is 90.8 Å². The molecule has 2 bridgehead atoms. The lowest BCUT2D eigenvalue weighted by Gasteiger charge is -2.45. The van der Waals surface area contributed by atoms with Gasteiger partial charge in [0.1, 0.15) is 5.75 Å². The van der Waals surface area contributed by atoms with E-state index in [-0.39, 0.29) is 28.7 Å². The molecule has 0 saturated heterocycles. The highest BCUT2D eigenvalue weighted by atomic mass is 35.5. The van der Waals surface area contributed by atoms with Gasteiger partial charge in [-0.3, -0.25) is 4.79 Å². The molecule has 1 amide bonds. The Balaban J connectivity index is 1.46. The number of aliphatic hydroxyl groups excluding tert-OH is 1. The lowest BCUT2D eigenvalue weighted by atomic mass is 9.68. The number of fused-ring (bicyclic) bond motifs is 4. The molecule has 3 N–H and O–H groups in total. The SMILES string of the molecule is C[C@@H]1C=C[C@H](O)[C@@H]2CC[C@H]2CN2C[C@@]3(CCCc4cc(Cl)ccc43)COc3ccc(cc32)[C@](O)(C(=O)O)CC(=O)N(C)C1. The van der Waals surface area contributed by atoms with Gasteiger partial charge in [0.15, 0.2) is 5.60 Å². The van der Waals surface area contributed by atoms with Gasteiger partial charge >= 0.3 is 5.97 Å². The first-order valence-corrected chi connectivity index (χ1v) is 15.7. The molecule has 1 fully saturated rings. The van der Waals surface area contributed by atoms with E-state index in [4.69, 9.17) is 16.3 Å². The number of carboxylic acids is 1. The fourth-order valence-corrected chi connectivity index (χ4v) is 7.82. The highest BCUT2D eigenvalue weighted by Gasteiger charge is 2.46. The Bertz CT molecular complexity index is 1450. The number of amides is 1. The molecule has 1 saturated carbocycles. The smallest absolute Gasteiger partial charge is 0.340 e. The van der Waals surface area contributed by atoms with Crippen LogP contribution in [0.25, 0.3) is 0 Å². The lowest BCUT2D eigenvalue weighted by Crippen LogP contribution is -2.49. The molecule has 6 rings (SSSR count). The van der Waals surface area contributed by atoms with Crippen molar-refractivity contribution in [3.63, 3.8) is 0 Å². The maximum atomic E-state index is 13.2. The van der Waals surface area contributed by atoms with Crippen molar-refractivity contribution in [2.75, 3.05) is 38.2 Å². The predicted octanol–water partition coefficient (Wildman–Crippen LogP) is 4.53. The van der Waals surface area contributed by atoms with Crippen LogP contribution in [0.5, 0.6) is 5.75 Å². The quantitative estimate of drug-likeness (QED) is 0.408. The largest absolute Gasteiger partial charge is 0.490 e. The summed E-state index contributed by atoms with van der Waals surface area (Å²) in [6.45, 7) is 4.04. The number of hydrogen-bond donors (Lipinski definition) is 3. The Hall–Kier alpha value is -3.07. The van der Waals surface area contributed by atoms with Crippen molar-refractivity contribution in [3.05, 3.63) is 70.3 Å². The Labute approximate surface area is 257 Å². The number of benzene rings is 2. The lowest BCUT2D eigenvalue weighted by molar-refractivity contribution is -0.164. The van der Waals surface area contributed by atoms with E-state index < -0.39 is 30.0 Å². The maximum Gasteiger partial charge on any atom is 0.340 e. The molecule has 0 radical (unpaired) electrons. The Morgan fingerprint density at radius 2 is 1.93 bits per heavy atom. The number of ether oxygens (including phenoxy) is 1. The molecule has 2 aromatic rings.